The quantitative estimate of drug-likeness (QED) is 0.925. The van der Waals surface area contributed by atoms with Gasteiger partial charge in [-0.3, -0.25) is 4.90 Å². The van der Waals surface area contributed by atoms with E-state index in [9.17, 15) is 0 Å². The fraction of sp³-hybridized carbons (Fsp3) is 0.667. The Morgan fingerprint density at radius 1 is 1.24 bits per heavy atom. The molecule has 2 unspecified atom stereocenters. The molecule has 0 amide bonds. The van der Waals surface area contributed by atoms with Crippen molar-refractivity contribution in [3.05, 3.63) is 29.3 Å². The van der Waals surface area contributed by atoms with Gasteiger partial charge in [0.25, 0.3) is 0 Å². The summed E-state index contributed by atoms with van der Waals surface area (Å²) in [6.07, 6.45) is 3.77. The van der Waals surface area contributed by atoms with Crippen LogP contribution in [0, 0.1) is 5.41 Å². The van der Waals surface area contributed by atoms with Gasteiger partial charge in [-0.25, -0.2) is 0 Å². The molecule has 1 aromatic carbocycles. The lowest BCUT2D eigenvalue weighted by Gasteiger charge is -2.41. The standard InChI is InChI=1S/C18H28N2O/c1-18(2)7-9-20(10-8-18)16-11-13-5-6-14(21-4)12-15(13)17(16)19-3/h5-6,12,16-17,19H,7-11H2,1-4H3. The van der Waals surface area contributed by atoms with Crippen LogP contribution in [0.25, 0.3) is 0 Å². The topological polar surface area (TPSA) is 24.5 Å². The van der Waals surface area contributed by atoms with Crippen molar-refractivity contribution >= 4 is 0 Å². The van der Waals surface area contributed by atoms with E-state index in [1.165, 1.54) is 37.1 Å². The molecule has 1 aliphatic carbocycles. The molecule has 0 aromatic heterocycles. The first kappa shape index (κ1) is 14.9. The average molecular weight is 288 g/mol. The number of nitrogens with one attached hydrogen (secondary N) is 1. The van der Waals surface area contributed by atoms with Gasteiger partial charge in [0.05, 0.1) is 7.11 Å². The summed E-state index contributed by atoms with van der Waals surface area (Å²) in [4.78, 5) is 2.69. The minimum Gasteiger partial charge on any atom is -0.497 e. The maximum Gasteiger partial charge on any atom is 0.119 e. The van der Waals surface area contributed by atoms with Crippen LogP contribution in [0.4, 0.5) is 0 Å². The Labute approximate surface area is 128 Å². The maximum absolute atomic E-state index is 5.40. The first-order valence-corrected chi connectivity index (χ1v) is 8.12. The molecule has 2 atom stereocenters. The van der Waals surface area contributed by atoms with Gasteiger partial charge in [-0.1, -0.05) is 19.9 Å². The van der Waals surface area contributed by atoms with Crippen molar-refractivity contribution in [3.63, 3.8) is 0 Å². The molecule has 21 heavy (non-hydrogen) atoms. The molecule has 1 fully saturated rings. The fourth-order valence-electron chi connectivity index (χ4n) is 3.87. The number of ether oxygens (including phenoxy) is 1. The van der Waals surface area contributed by atoms with E-state index >= 15 is 0 Å². The highest BCUT2D eigenvalue weighted by Gasteiger charge is 2.38. The fourth-order valence-corrected chi connectivity index (χ4v) is 3.87. The first-order chi connectivity index (χ1) is 10.0. The lowest BCUT2D eigenvalue weighted by molar-refractivity contribution is 0.0822. The summed E-state index contributed by atoms with van der Waals surface area (Å²) in [5.74, 6) is 0.967. The van der Waals surface area contributed by atoms with E-state index in [-0.39, 0.29) is 0 Å². The summed E-state index contributed by atoms with van der Waals surface area (Å²) in [5, 5.41) is 3.54. The Hall–Kier alpha value is -1.06. The molecule has 1 N–H and O–H groups in total. The van der Waals surface area contributed by atoms with E-state index in [2.05, 4.69) is 49.3 Å². The van der Waals surface area contributed by atoms with Crippen molar-refractivity contribution in [1.29, 1.82) is 0 Å². The molecule has 0 spiro atoms. The van der Waals surface area contributed by atoms with Crippen molar-refractivity contribution in [2.24, 2.45) is 5.41 Å². The third kappa shape index (κ3) is 2.82. The predicted octanol–water partition coefficient (Wildman–Crippen LogP) is 3.00. The number of fused-ring (bicyclic) bond motifs is 1. The van der Waals surface area contributed by atoms with Crippen molar-refractivity contribution < 1.29 is 4.74 Å². The van der Waals surface area contributed by atoms with Gasteiger partial charge in [0.2, 0.25) is 0 Å². The number of rotatable bonds is 3. The van der Waals surface area contributed by atoms with E-state index in [1.807, 2.05) is 0 Å². The number of hydrogen-bond acceptors (Lipinski definition) is 3. The SMILES string of the molecule is CNC1c2cc(OC)ccc2CC1N1CCC(C)(C)CC1. The van der Waals surface area contributed by atoms with Gasteiger partial charge in [0.1, 0.15) is 5.75 Å². The molecule has 0 radical (unpaired) electrons. The molecule has 3 nitrogen and oxygen atoms in total. The Balaban J connectivity index is 1.79. The third-order valence-electron chi connectivity index (χ3n) is 5.43. The number of hydrogen-bond donors (Lipinski definition) is 1. The number of nitrogens with zero attached hydrogens (tertiary/aromatic N) is 1. The van der Waals surface area contributed by atoms with Gasteiger partial charge in [-0.15, -0.1) is 0 Å². The van der Waals surface area contributed by atoms with Crippen LogP contribution in [-0.2, 0) is 6.42 Å². The monoisotopic (exact) mass is 288 g/mol. The second kappa shape index (κ2) is 5.62. The molecular weight excluding hydrogens is 260 g/mol. The summed E-state index contributed by atoms with van der Waals surface area (Å²) in [6, 6.07) is 7.56. The predicted molar refractivity (Wildman–Crippen MR) is 86.9 cm³/mol. The van der Waals surface area contributed by atoms with Crippen LogP contribution < -0.4 is 10.1 Å². The van der Waals surface area contributed by atoms with Gasteiger partial charge in [-0.05, 0) is 68.1 Å². The largest absolute Gasteiger partial charge is 0.497 e. The maximum atomic E-state index is 5.40. The highest BCUT2D eigenvalue weighted by Crippen LogP contribution is 2.39. The molecule has 0 saturated carbocycles. The van der Waals surface area contributed by atoms with E-state index < -0.39 is 0 Å². The summed E-state index contributed by atoms with van der Waals surface area (Å²) in [5.41, 5.74) is 3.41. The summed E-state index contributed by atoms with van der Waals surface area (Å²) < 4.78 is 5.40. The lowest BCUT2D eigenvalue weighted by Crippen LogP contribution is -2.47. The number of methoxy groups -OCH3 is 1. The van der Waals surface area contributed by atoms with Gasteiger partial charge < -0.3 is 10.1 Å². The highest BCUT2D eigenvalue weighted by molar-refractivity contribution is 5.42. The van der Waals surface area contributed by atoms with Crippen molar-refractivity contribution in [2.75, 3.05) is 27.2 Å². The van der Waals surface area contributed by atoms with Gasteiger partial charge in [-0.2, -0.15) is 0 Å². The molecule has 0 bridgehead atoms. The Morgan fingerprint density at radius 2 is 1.95 bits per heavy atom. The number of likely N-dealkylation sites (tertiary alicyclic amines) is 1. The molecule has 1 heterocycles. The zero-order chi connectivity index (χ0) is 15.0. The summed E-state index contributed by atoms with van der Waals surface area (Å²) in [7, 11) is 3.83. The smallest absolute Gasteiger partial charge is 0.119 e. The van der Waals surface area contributed by atoms with Crippen molar-refractivity contribution in [3.8, 4) is 5.75 Å². The van der Waals surface area contributed by atoms with Crippen LogP contribution in [-0.4, -0.2) is 38.2 Å². The minimum atomic E-state index is 0.427. The molecule has 116 valence electrons. The molecule has 3 rings (SSSR count). The highest BCUT2D eigenvalue weighted by atomic mass is 16.5. The van der Waals surface area contributed by atoms with Gasteiger partial charge in [0.15, 0.2) is 0 Å². The van der Waals surface area contributed by atoms with Crippen LogP contribution in [0.5, 0.6) is 5.75 Å². The first-order valence-electron chi connectivity index (χ1n) is 8.12. The lowest BCUT2D eigenvalue weighted by atomic mass is 9.82. The number of likely N-dealkylation sites (N-methyl/N-ethyl adjacent to an activating group) is 1. The van der Waals surface area contributed by atoms with E-state index in [0.717, 1.165) is 12.2 Å². The van der Waals surface area contributed by atoms with Crippen LogP contribution >= 0.6 is 0 Å². The van der Waals surface area contributed by atoms with Crippen LogP contribution in [0.3, 0.4) is 0 Å². The third-order valence-corrected chi connectivity index (χ3v) is 5.43. The van der Waals surface area contributed by atoms with E-state index in [1.54, 1.807) is 7.11 Å². The molecule has 1 aliphatic heterocycles. The average Bonchev–Trinajstić information content (AvgIpc) is 2.84. The van der Waals surface area contributed by atoms with Gasteiger partial charge >= 0.3 is 0 Å². The zero-order valence-corrected chi connectivity index (χ0v) is 13.8. The van der Waals surface area contributed by atoms with Crippen LogP contribution in [0.15, 0.2) is 18.2 Å². The minimum absolute atomic E-state index is 0.427. The second-order valence-electron chi connectivity index (χ2n) is 7.30. The van der Waals surface area contributed by atoms with Gasteiger partial charge in [0, 0.05) is 12.1 Å². The van der Waals surface area contributed by atoms with Crippen molar-refractivity contribution in [2.45, 2.75) is 45.2 Å². The molecule has 3 heteroatoms. The summed E-state index contributed by atoms with van der Waals surface area (Å²) in [6.45, 7) is 7.24. The van der Waals surface area contributed by atoms with Crippen LogP contribution in [0.1, 0.15) is 43.9 Å². The van der Waals surface area contributed by atoms with E-state index in [4.69, 9.17) is 4.74 Å². The molecular formula is C18H28N2O. The molecule has 1 aromatic rings. The summed E-state index contributed by atoms with van der Waals surface area (Å²) >= 11 is 0. The Morgan fingerprint density at radius 3 is 2.57 bits per heavy atom. The number of piperidine rings is 1. The Kier molecular flexibility index (Phi) is 3.98. The Bertz CT molecular complexity index is 502. The van der Waals surface area contributed by atoms with Crippen molar-refractivity contribution in [1.82, 2.24) is 10.2 Å². The second-order valence-corrected chi connectivity index (χ2v) is 7.30. The zero-order valence-electron chi connectivity index (χ0n) is 13.8. The molecule has 2 aliphatic rings. The van der Waals surface area contributed by atoms with Crippen LogP contribution in [0.2, 0.25) is 0 Å². The normalized spacial score (nSPS) is 28.4. The number of benzene rings is 1. The molecule has 1 saturated heterocycles. The van der Waals surface area contributed by atoms with E-state index in [0.29, 0.717) is 17.5 Å².